The summed E-state index contributed by atoms with van der Waals surface area (Å²) in [5, 5.41) is 11.8. The van der Waals surface area contributed by atoms with Gasteiger partial charge in [0.1, 0.15) is 10.7 Å². The van der Waals surface area contributed by atoms with E-state index < -0.39 is 11.9 Å². The van der Waals surface area contributed by atoms with Gasteiger partial charge in [-0.1, -0.05) is 36.7 Å². The van der Waals surface area contributed by atoms with Gasteiger partial charge >= 0.3 is 5.97 Å². The number of carboxylic acids is 1. The van der Waals surface area contributed by atoms with Gasteiger partial charge in [0.25, 0.3) is 5.91 Å². The van der Waals surface area contributed by atoms with E-state index in [9.17, 15) is 9.59 Å². The molecule has 0 radical (unpaired) electrons. The lowest BCUT2D eigenvalue weighted by atomic mass is 10.2. The number of carbonyl (C=O) groups excluding carboxylic acids is 1. The summed E-state index contributed by atoms with van der Waals surface area (Å²) in [5.41, 5.74) is 1.06. The molecule has 0 aliphatic carbocycles. The summed E-state index contributed by atoms with van der Waals surface area (Å²) in [6, 6.07) is 7.28. The molecule has 0 aliphatic rings. The maximum atomic E-state index is 12.3. The lowest BCUT2D eigenvalue weighted by Crippen LogP contribution is -2.33. The summed E-state index contributed by atoms with van der Waals surface area (Å²) in [4.78, 5) is 28.8. The monoisotopic (exact) mass is 338 g/mol. The summed E-state index contributed by atoms with van der Waals surface area (Å²) in [6.07, 6.45) is 0. The molecule has 22 heavy (non-hydrogen) atoms. The van der Waals surface area contributed by atoms with Crippen molar-refractivity contribution in [3.8, 4) is 10.6 Å². The Hall–Kier alpha value is -1.92. The number of aromatic nitrogens is 1. The van der Waals surface area contributed by atoms with Crippen LogP contribution in [-0.2, 0) is 4.79 Å². The average Bonchev–Trinajstić information content (AvgIpc) is 2.96. The van der Waals surface area contributed by atoms with Gasteiger partial charge in [0.05, 0.1) is 10.9 Å². The first kappa shape index (κ1) is 16.5. The Kier molecular flexibility index (Phi) is 5.15. The molecular weight excluding hydrogens is 324 g/mol. The molecular formula is C15H15ClN2O3S. The van der Waals surface area contributed by atoms with E-state index in [4.69, 9.17) is 16.7 Å². The molecule has 1 aromatic heterocycles. The standard InChI is InChI=1S/C15H15ClN2O3S/c1-9(15(20)21)7-18(2)14(19)12-8-22-13(17-12)10-5-3-4-6-11(10)16/h3-6,8-9H,7H2,1-2H3,(H,20,21). The molecule has 1 aromatic carbocycles. The number of amides is 1. The van der Waals surface area contributed by atoms with E-state index >= 15 is 0 Å². The molecule has 1 N–H and O–H groups in total. The van der Waals surface area contributed by atoms with Crippen molar-refractivity contribution in [1.29, 1.82) is 0 Å². The summed E-state index contributed by atoms with van der Waals surface area (Å²) in [7, 11) is 1.57. The van der Waals surface area contributed by atoms with Crippen LogP contribution in [0.1, 0.15) is 17.4 Å². The van der Waals surface area contributed by atoms with Gasteiger partial charge in [-0.05, 0) is 6.07 Å². The number of hydrogen-bond donors (Lipinski definition) is 1. The van der Waals surface area contributed by atoms with E-state index in [1.165, 1.54) is 16.2 Å². The first-order chi connectivity index (χ1) is 10.4. The fraction of sp³-hybridized carbons (Fsp3) is 0.267. The summed E-state index contributed by atoms with van der Waals surface area (Å²) < 4.78 is 0. The Morgan fingerprint density at radius 2 is 2.09 bits per heavy atom. The van der Waals surface area contributed by atoms with E-state index in [0.29, 0.717) is 15.7 Å². The summed E-state index contributed by atoms with van der Waals surface area (Å²) in [5.74, 6) is -1.87. The normalized spacial score (nSPS) is 12.0. The van der Waals surface area contributed by atoms with Gasteiger partial charge in [-0.2, -0.15) is 0 Å². The van der Waals surface area contributed by atoms with Gasteiger partial charge in [-0.3, -0.25) is 9.59 Å². The second-order valence-corrected chi connectivity index (χ2v) is 6.21. The van der Waals surface area contributed by atoms with Crippen LogP contribution in [0.25, 0.3) is 10.6 Å². The number of carboxylic acid groups (broad SMARTS) is 1. The average molecular weight is 339 g/mol. The van der Waals surface area contributed by atoms with E-state index in [1.54, 1.807) is 25.4 Å². The van der Waals surface area contributed by atoms with Gasteiger partial charge in [-0.15, -0.1) is 11.3 Å². The maximum Gasteiger partial charge on any atom is 0.308 e. The van der Waals surface area contributed by atoms with Crippen LogP contribution in [0.4, 0.5) is 0 Å². The molecule has 1 atom stereocenters. The van der Waals surface area contributed by atoms with Gasteiger partial charge < -0.3 is 10.0 Å². The predicted molar refractivity (Wildman–Crippen MR) is 86.3 cm³/mol. The van der Waals surface area contributed by atoms with Crippen molar-refractivity contribution < 1.29 is 14.7 Å². The molecule has 0 saturated carbocycles. The highest BCUT2D eigenvalue weighted by molar-refractivity contribution is 7.13. The molecule has 2 aromatic rings. The highest BCUT2D eigenvalue weighted by atomic mass is 35.5. The molecule has 0 saturated heterocycles. The van der Waals surface area contributed by atoms with E-state index in [-0.39, 0.29) is 12.5 Å². The fourth-order valence-electron chi connectivity index (χ4n) is 1.90. The highest BCUT2D eigenvalue weighted by Crippen LogP contribution is 2.30. The number of benzene rings is 1. The highest BCUT2D eigenvalue weighted by Gasteiger charge is 2.21. The van der Waals surface area contributed by atoms with Crippen LogP contribution in [0, 0.1) is 5.92 Å². The zero-order chi connectivity index (χ0) is 16.3. The van der Waals surface area contributed by atoms with Gasteiger partial charge in [0.2, 0.25) is 0 Å². The number of aliphatic carboxylic acids is 1. The quantitative estimate of drug-likeness (QED) is 0.908. The zero-order valence-corrected chi connectivity index (χ0v) is 13.7. The molecule has 0 bridgehead atoms. The van der Waals surface area contributed by atoms with Crippen molar-refractivity contribution in [2.24, 2.45) is 5.92 Å². The van der Waals surface area contributed by atoms with Crippen molar-refractivity contribution in [3.63, 3.8) is 0 Å². The minimum Gasteiger partial charge on any atom is -0.481 e. The third-order valence-electron chi connectivity index (χ3n) is 3.14. The topological polar surface area (TPSA) is 70.5 Å². The lowest BCUT2D eigenvalue weighted by molar-refractivity contribution is -0.141. The van der Waals surface area contributed by atoms with E-state index in [2.05, 4.69) is 4.98 Å². The number of rotatable bonds is 5. The number of thiazole rings is 1. The molecule has 116 valence electrons. The molecule has 1 heterocycles. The van der Waals surface area contributed by atoms with E-state index in [1.807, 2.05) is 18.2 Å². The number of nitrogens with zero attached hydrogens (tertiary/aromatic N) is 2. The molecule has 0 fully saturated rings. The van der Waals surface area contributed by atoms with E-state index in [0.717, 1.165) is 5.56 Å². The zero-order valence-electron chi connectivity index (χ0n) is 12.1. The Balaban J connectivity index is 2.16. The first-order valence-corrected chi connectivity index (χ1v) is 7.84. The van der Waals surface area contributed by atoms with Crippen LogP contribution < -0.4 is 0 Å². The smallest absolute Gasteiger partial charge is 0.308 e. The predicted octanol–water partition coefficient (Wildman–Crippen LogP) is 3.26. The number of carbonyl (C=O) groups is 2. The Bertz CT molecular complexity index is 702. The van der Waals surface area contributed by atoms with Crippen molar-refractivity contribution >= 4 is 34.8 Å². The second kappa shape index (κ2) is 6.89. The molecule has 5 nitrogen and oxygen atoms in total. The van der Waals surface area contributed by atoms with Crippen molar-refractivity contribution in [2.45, 2.75) is 6.92 Å². The minimum absolute atomic E-state index is 0.132. The second-order valence-electron chi connectivity index (χ2n) is 4.94. The Labute approximate surface area is 137 Å². The van der Waals surface area contributed by atoms with Gasteiger partial charge in [0, 0.05) is 24.5 Å². The third kappa shape index (κ3) is 3.64. The molecule has 1 amide bonds. The lowest BCUT2D eigenvalue weighted by Gasteiger charge is -2.18. The minimum atomic E-state index is -0.935. The fourth-order valence-corrected chi connectivity index (χ4v) is 3.01. The Morgan fingerprint density at radius 1 is 1.41 bits per heavy atom. The summed E-state index contributed by atoms with van der Waals surface area (Å²) >= 11 is 7.45. The number of hydrogen-bond acceptors (Lipinski definition) is 4. The van der Waals surface area contributed by atoms with Crippen LogP contribution in [0.15, 0.2) is 29.6 Å². The van der Waals surface area contributed by atoms with Crippen LogP contribution in [-0.4, -0.2) is 40.5 Å². The molecule has 0 aliphatic heterocycles. The largest absolute Gasteiger partial charge is 0.481 e. The maximum absolute atomic E-state index is 12.3. The van der Waals surface area contributed by atoms with Crippen molar-refractivity contribution in [1.82, 2.24) is 9.88 Å². The SMILES string of the molecule is CC(CN(C)C(=O)c1csc(-c2ccccc2Cl)n1)C(=O)O. The van der Waals surface area contributed by atoms with Crippen LogP contribution in [0.3, 0.4) is 0 Å². The van der Waals surface area contributed by atoms with Crippen LogP contribution in [0.5, 0.6) is 0 Å². The third-order valence-corrected chi connectivity index (χ3v) is 4.35. The van der Waals surface area contributed by atoms with Gasteiger partial charge in [-0.25, -0.2) is 4.98 Å². The molecule has 1 unspecified atom stereocenters. The molecule has 7 heteroatoms. The van der Waals surface area contributed by atoms with Crippen molar-refractivity contribution in [2.75, 3.05) is 13.6 Å². The van der Waals surface area contributed by atoms with Gasteiger partial charge in [0.15, 0.2) is 0 Å². The van der Waals surface area contributed by atoms with Crippen LogP contribution >= 0.6 is 22.9 Å². The number of halogens is 1. The molecule has 0 spiro atoms. The first-order valence-electron chi connectivity index (χ1n) is 6.59. The summed E-state index contributed by atoms with van der Waals surface area (Å²) in [6.45, 7) is 1.69. The van der Waals surface area contributed by atoms with Crippen molar-refractivity contribution in [3.05, 3.63) is 40.4 Å². The Morgan fingerprint density at radius 3 is 2.73 bits per heavy atom. The molecule has 2 rings (SSSR count). The van der Waals surface area contributed by atoms with Crippen LogP contribution in [0.2, 0.25) is 5.02 Å².